The molecule has 4 aromatic rings. The molecule has 0 aliphatic carbocycles. The Balaban J connectivity index is 1.81. The van der Waals surface area contributed by atoms with Gasteiger partial charge in [0.1, 0.15) is 16.9 Å². The van der Waals surface area contributed by atoms with Crippen LogP contribution in [0.15, 0.2) is 63.9 Å². The Labute approximate surface area is 161 Å². The summed E-state index contributed by atoms with van der Waals surface area (Å²) in [6, 6.07) is 15.8. The minimum absolute atomic E-state index is 0.203. The third-order valence-electron chi connectivity index (χ3n) is 4.73. The lowest BCUT2D eigenvalue weighted by molar-refractivity contribution is 0.402. The second kappa shape index (κ2) is 7.05. The molecule has 2 aromatic heterocycles. The molecule has 0 saturated carbocycles. The molecule has 0 bridgehead atoms. The summed E-state index contributed by atoms with van der Waals surface area (Å²) in [4.78, 5) is 15.1. The molecule has 4 rings (SSSR count). The Morgan fingerprint density at radius 3 is 2.32 bits per heavy atom. The molecule has 0 atom stereocenters. The first kappa shape index (κ1) is 18.1. The number of nitrogens with zero attached hydrogens (tertiary/aromatic N) is 3. The fraction of sp³-hybridized carbons (Fsp3) is 0.182. The Morgan fingerprint density at radius 1 is 1.04 bits per heavy atom. The lowest BCUT2D eigenvalue weighted by Crippen LogP contribution is -2.18. The molecule has 6 heteroatoms. The van der Waals surface area contributed by atoms with E-state index in [0.29, 0.717) is 22.2 Å². The van der Waals surface area contributed by atoms with Crippen molar-refractivity contribution in [2.24, 2.45) is 7.05 Å². The van der Waals surface area contributed by atoms with Gasteiger partial charge in [0.15, 0.2) is 5.58 Å². The Morgan fingerprint density at radius 2 is 1.68 bits per heavy atom. The van der Waals surface area contributed by atoms with Gasteiger partial charge in [-0.25, -0.2) is 4.39 Å². The zero-order valence-electron chi connectivity index (χ0n) is 15.9. The number of pyridine rings is 1. The van der Waals surface area contributed by atoms with Gasteiger partial charge in [0.05, 0.1) is 5.69 Å². The van der Waals surface area contributed by atoms with Gasteiger partial charge >= 0.3 is 0 Å². The van der Waals surface area contributed by atoms with Crippen LogP contribution < -0.4 is 5.56 Å². The average Bonchev–Trinajstić information content (AvgIpc) is 3.10. The van der Waals surface area contributed by atoms with E-state index in [1.54, 1.807) is 23.7 Å². The lowest BCUT2D eigenvalue weighted by atomic mass is 10.1. The van der Waals surface area contributed by atoms with Gasteiger partial charge in [0, 0.05) is 25.2 Å². The molecule has 0 fully saturated rings. The van der Waals surface area contributed by atoms with Crippen LogP contribution in [-0.4, -0.2) is 28.7 Å². The van der Waals surface area contributed by atoms with E-state index >= 15 is 0 Å². The zero-order valence-corrected chi connectivity index (χ0v) is 15.9. The smallest absolute Gasteiger partial charge is 0.264 e. The quantitative estimate of drug-likeness (QED) is 0.538. The van der Waals surface area contributed by atoms with Crippen molar-refractivity contribution in [2.75, 3.05) is 14.1 Å². The molecule has 0 amide bonds. The molecule has 28 heavy (non-hydrogen) atoms. The number of rotatable bonds is 4. The van der Waals surface area contributed by atoms with Crippen LogP contribution in [0.25, 0.3) is 33.5 Å². The summed E-state index contributed by atoms with van der Waals surface area (Å²) >= 11 is 0. The molecular formula is C22H20FN3O2. The van der Waals surface area contributed by atoms with Gasteiger partial charge in [-0.15, -0.1) is 0 Å². The number of halogens is 1. The molecule has 0 N–H and O–H groups in total. The monoisotopic (exact) mass is 377 g/mol. The van der Waals surface area contributed by atoms with Crippen LogP contribution in [0.3, 0.4) is 0 Å². The molecule has 0 saturated heterocycles. The molecule has 0 aliphatic rings. The van der Waals surface area contributed by atoms with Gasteiger partial charge in [-0.05, 0) is 49.5 Å². The van der Waals surface area contributed by atoms with E-state index in [0.717, 1.165) is 17.8 Å². The minimum Gasteiger partial charge on any atom is -0.355 e. The predicted octanol–water partition coefficient (Wildman–Crippen LogP) is 4.06. The highest BCUT2D eigenvalue weighted by atomic mass is 19.1. The van der Waals surface area contributed by atoms with Crippen LogP contribution in [-0.2, 0) is 13.6 Å². The van der Waals surface area contributed by atoms with Crippen molar-refractivity contribution in [1.82, 2.24) is 14.6 Å². The lowest BCUT2D eigenvalue weighted by Gasteiger charge is -2.12. The van der Waals surface area contributed by atoms with E-state index in [1.807, 2.05) is 44.4 Å². The van der Waals surface area contributed by atoms with Gasteiger partial charge in [0.2, 0.25) is 0 Å². The number of aromatic nitrogens is 2. The van der Waals surface area contributed by atoms with Crippen LogP contribution >= 0.6 is 0 Å². The van der Waals surface area contributed by atoms with Crippen molar-refractivity contribution >= 4 is 11.0 Å². The van der Waals surface area contributed by atoms with Crippen molar-refractivity contribution in [3.8, 4) is 22.5 Å². The topological polar surface area (TPSA) is 51.3 Å². The Kier molecular flexibility index (Phi) is 4.57. The summed E-state index contributed by atoms with van der Waals surface area (Å²) in [7, 11) is 5.77. The van der Waals surface area contributed by atoms with Gasteiger partial charge in [0.25, 0.3) is 5.56 Å². The summed E-state index contributed by atoms with van der Waals surface area (Å²) in [5, 5.41) is 4.45. The summed E-state index contributed by atoms with van der Waals surface area (Å²) < 4.78 is 20.2. The molecule has 0 aliphatic heterocycles. The van der Waals surface area contributed by atoms with Crippen LogP contribution in [0.4, 0.5) is 4.39 Å². The van der Waals surface area contributed by atoms with Gasteiger partial charge in [-0.2, -0.15) is 0 Å². The summed E-state index contributed by atoms with van der Waals surface area (Å²) in [5.41, 5.74) is 4.12. The second-order valence-electron chi connectivity index (χ2n) is 7.11. The van der Waals surface area contributed by atoms with Crippen molar-refractivity contribution in [3.63, 3.8) is 0 Å². The Hall–Kier alpha value is -3.25. The maximum absolute atomic E-state index is 13.2. The number of fused-ring (bicyclic) bond motifs is 1. The van der Waals surface area contributed by atoms with Crippen molar-refractivity contribution in [1.29, 1.82) is 0 Å². The fourth-order valence-corrected chi connectivity index (χ4v) is 3.33. The third-order valence-corrected chi connectivity index (χ3v) is 4.73. The van der Waals surface area contributed by atoms with Gasteiger partial charge in [-0.1, -0.05) is 29.4 Å². The van der Waals surface area contributed by atoms with Crippen molar-refractivity contribution in [2.45, 2.75) is 6.54 Å². The average molecular weight is 377 g/mol. The second-order valence-corrected chi connectivity index (χ2v) is 7.11. The van der Waals surface area contributed by atoms with E-state index in [2.05, 4.69) is 10.1 Å². The standard InChI is InChI=1S/C22H20FN3O2/c1-25(2)13-14-4-6-15(7-5-14)18-12-19-20(22(27)26(18)3)21(24-28-19)16-8-10-17(23)11-9-16/h4-12H,13H2,1-3H3. The van der Waals surface area contributed by atoms with Crippen LogP contribution in [0.5, 0.6) is 0 Å². The largest absolute Gasteiger partial charge is 0.355 e. The van der Waals surface area contributed by atoms with Crippen LogP contribution in [0.2, 0.25) is 0 Å². The highest BCUT2D eigenvalue weighted by molar-refractivity contribution is 5.92. The SMILES string of the molecule is CN(C)Cc1ccc(-c2cc3onc(-c4ccc(F)cc4)c3c(=O)n2C)cc1. The number of hydrogen-bond donors (Lipinski definition) is 0. The minimum atomic E-state index is -0.343. The molecule has 0 radical (unpaired) electrons. The van der Waals surface area contributed by atoms with Crippen molar-refractivity contribution in [3.05, 3.63) is 76.3 Å². The summed E-state index contributed by atoms with van der Waals surface area (Å²) in [6.45, 7) is 0.849. The Bertz CT molecular complexity index is 1190. The molecular weight excluding hydrogens is 357 g/mol. The van der Waals surface area contributed by atoms with E-state index < -0.39 is 0 Å². The highest BCUT2D eigenvalue weighted by Crippen LogP contribution is 2.29. The molecule has 2 heterocycles. The highest BCUT2D eigenvalue weighted by Gasteiger charge is 2.18. The van der Waals surface area contributed by atoms with Crippen molar-refractivity contribution < 1.29 is 8.91 Å². The van der Waals surface area contributed by atoms with E-state index in [4.69, 9.17) is 4.52 Å². The van der Waals surface area contributed by atoms with Gasteiger partial charge in [-0.3, -0.25) is 4.79 Å². The fourth-order valence-electron chi connectivity index (χ4n) is 3.33. The van der Waals surface area contributed by atoms with E-state index in [1.165, 1.54) is 17.7 Å². The van der Waals surface area contributed by atoms with Crippen LogP contribution in [0.1, 0.15) is 5.56 Å². The molecule has 0 spiro atoms. The first-order chi connectivity index (χ1) is 13.4. The molecule has 5 nitrogen and oxygen atoms in total. The summed E-state index contributed by atoms with van der Waals surface area (Å²) in [5.74, 6) is -0.343. The van der Waals surface area contributed by atoms with E-state index in [-0.39, 0.29) is 11.4 Å². The van der Waals surface area contributed by atoms with Gasteiger partial charge < -0.3 is 14.0 Å². The first-order valence-corrected chi connectivity index (χ1v) is 8.93. The first-order valence-electron chi connectivity index (χ1n) is 8.93. The molecule has 142 valence electrons. The molecule has 2 aromatic carbocycles. The number of benzene rings is 2. The summed E-state index contributed by atoms with van der Waals surface area (Å²) in [6.07, 6.45) is 0. The predicted molar refractivity (Wildman–Crippen MR) is 107 cm³/mol. The zero-order chi connectivity index (χ0) is 19.8. The van der Waals surface area contributed by atoms with Crippen LogP contribution in [0, 0.1) is 5.82 Å². The normalized spacial score (nSPS) is 11.5. The number of hydrogen-bond acceptors (Lipinski definition) is 4. The molecule has 0 unspecified atom stereocenters. The van der Waals surface area contributed by atoms with E-state index in [9.17, 15) is 9.18 Å². The maximum Gasteiger partial charge on any atom is 0.264 e. The maximum atomic E-state index is 13.2. The third kappa shape index (κ3) is 3.23.